The van der Waals surface area contributed by atoms with Gasteiger partial charge in [-0.2, -0.15) is 0 Å². The number of likely N-dealkylation sites (tertiary alicyclic amines) is 2. The Morgan fingerprint density at radius 3 is 2.74 bits per heavy atom. The zero-order chi connectivity index (χ0) is 18.7. The Bertz CT molecular complexity index is 891. The smallest absolute Gasteiger partial charge is 0.223 e. The van der Waals surface area contributed by atoms with Crippen LogP contribution in [-0.2, 0) is 4.79 Å². The van der Waals surface area contributed by atoms with Crippen LogP contribution in [0.4, 0.5) is 4.39 Å². The van der Waals surface area contributed by atoms with Crippen LogP contribution in [0.1, 0.15) is 43.7 Å². The van der Waals surface area contributed by atoms with Crippen molar-refractivity contribution >= 4 is 16.8 Å². The first-order chi connectivity index (χ1) is 13.0. The number of carbonyl (C=O) groups is 1. The van der Waals surface area contributed by atoms with E-state index >= 15 is 0 Å². The molecule has 0 radical (unpaired) electrons. The number of hydrogen-bond donors (Lipinski definition) is 0. The minimum absolute atomic E-state index is 0.123. The number of hydrogen-bond acceptors (Lipinski definition) is 2. The fraction of sp³-hybridized carbons (Fsp3) is 0.591. The molecule has 3 aliphatic rings. The van der Waals surface area contributed by atoms with E-state index in [1.165, 1.54) is 12.8 Å². The summed E-state index contributed by atoms with van der Waals surface area (Å²) >= 11 is 0. The average molecular weight is 369 g/mol. The first-order valence-corrected chi connectivity index (χ1v) is 10.3. The third-order valence-electron chi connectivity index (χ3n) is 7.32. The summed E-state index contributed by atoms with van der Waals surface area (Å²) in [5, 5.41) is 0.743. The molecule has 1 amide bonds. The van der Waals surface area contributed by atoms with Gasteiger partial charge >= 0.3 is 0 Å². The van der Waals surface area contributed by atoms with Crippen LogP contribution in [0.2, 0.25) is 0 Å². The maximum absolute atomic E-state index is 14.2. The van der Waals surface area contributed by atoms with Crippen molar-refractivity contribution in [2.24, 2.45) is 5.92 Å². The molecule has 1 aromatic carbocycles. The van der Waals surface area contributed by atoms with Crippen LogP contribution in [0, 0.1) is 18.7 Å². The van der Waals surface area contributed by atoms with Gasteiger partial charge in [-0.15, -0.1) is 0 Å². The van der Waals surface area contributed by atoms with Gasteiger partial charge < -0.3 is 9.47 Å². The molecule has 1 aliphatic carbocycles. The normalized spacial score (nSPS) is 31.8. The molecule has 2 saturated heterocycles. The van der Waals surface area contributed by atoms with Crippen molar-refractivity contribution in [3.63, 3.8) is 0 Å². The molecular weight excluding hydrogens is 341 g/mol. The molecule has 1 saturated carbocycles. The Balaban J connectivity index is 1.37. The van der Waals surface area contributed by atoms with Crippen molar-refractivity contribution in [2.45, 2.75) is 57.2 Å². The Morgan fingerprint density at radius 1 is 1.11 bits per heavy atom. The summed E-state index contributed by atoms with van der Waals surface area (Å²) in [5.74, 6) is 0.691. The van der Waals surface area contributed by atoms with Crippen LogP contribution < -0.4 is 0 Å². The van der Waals surface area contributed by atoms with Crippen LogP contribution in [0.5, 0.6) is 0 Å². The second-order valence-electron chi connectivity index (χ2n) is 8.81. The van der Waals surface area contributed by atoms with Gasteiger partial charge in [0.1, 0.15) is 5.82 Å². The highest BCUT2D eigenvalue weighted by Crippen LogP contribution is 2.39. The number of halogens is 1. The Hall–Kier alpha value is -1.88. The summed E-state index contributed by atoms with van der Waals surface area (Å²) < 4.78 is 16.5. The van der Waals surface area contributed by atoms with Crippen molar-refractivity contribution in [1.29, 1.82) is 0 Å². The summed E-state index contributed by atoms with van der Waals surface area (Å²) in [5.41, 5.74) is 2.21. The van der Waals surface area contributed by atoms with E-state index in [0.29, 0.717) is 36.4 Å². The molecule has 4 nitrogen and oxygen atoms in total. The van der Waals surface area contributed by atoms with Crippen molar-refractivity contribution in [2.75, 3.05) is 20.1 Å². The number of likely N-dealkylation sites (N-methyl/N-ethyl adjacent to an activating group) is 1. The van der Waals surface area contributed by atoms with Crippen LogP contribution >= 0.6 is 0 Å². The predicted octanol–water partition coefficient (Wildman–Crippen LogP) is 3.74. The molecule has 3 heterocycles. The van der Waals surface area contributed by atoms with Crippen molar-refractivity contribution < 1.29 is 9.18 Å². The largest absolute Gasteiger partial charge is 0.344 e. The van der Waals surface area contributed by atoms with Gasteiger partial charge in [-0.05, 0) is 50.3 Å². The number of fused-ring (bicyclic) bond motifs is 2. The monoisotopic (exact) mass is 369 g/mol. The second-order valence-corrected chi connectivity index (χ2v) is 8.81. The molecule has 5 heteroatoms. The van der Waals surface area contributed by atoms with Gasteiger partial charge in [0.2, 0.25) is 5.91 Å². The molecule has 0 N–H and O–H groups in total. The van der Waals surface area contributed by atoms with Crippen molar-refractivity contribution in [3.8, 4) is 0 Å². The zero-order valence-corrected chi connectivity index (χ0v) is 16.2. The minimum atomic E-state index is -0.123. The van der Waals surface area contributed by atoms with Crippen LogP contribution in [-0.4, -0.2) is 52.5 Å². The van der Waals surface area contributed by atoms with Gasteiger partial charge in [-0.25, -0.2) is 4.39 Å². The molecule has 1 aromatic heterocycles. The number of benzene rings is 1. The van der Waals surface area contributed by atoms with Crippen LogP contribution in [0.15, 0.2) is 24.4 Å². The van der Waals surface area contributed by atoms with Gasteiger partial charge in [0, 0.05) is 62.2 Å². The van der Waals surface area contributed by atoms with E-state index in [-0.39, 0.29) is 5.82 Å². The second kappa shape index (κ2) is 6.33. The van der Waals surface area contributed by atoms with Crippen molar-refractivity contribution in [3.05, 3.63) is 35.8 Å². The SMILES string of the molecule is Cc1ccc(F)c2ccn([C@@H]3CCC[C@H](N4C[C@H]5CC(=O)N(C)[C@H]5C4)C3)c12. The fourth-order valence-corrected chi connectivity index (χ4v) is 5.83. The van der Waals surface area contributed by atoms with Gasteiger partial charge in [-0.1, -0.05) is 6.07 Å². The average Bonchev–Trinajstić information content (AvgIpc) is 3.35. The van der Waals surface area contributed by atoms with Gasteiger partial charge in [0.25, 0.3) is 0 Å². The van der Waals surface area contributed by atoms with E-state index in [9.17, 15) is 9.18 Å². The molecule has 27 heavy (non-hydrogen) atoms. The molecule has 4 atom stereocenters. The summed E-state index contributed by atoms with van der Waals surface area (Å²) in [4.78, 5) is 16.5. The summed E-state index contributed by atoms with van der Waals surface area (Å²) in [7, 11) is 1.96. The highest BCUT2D eigenvalue weighted by Gasteiger charge is 2.45. The van der Waals surface area contributed by atoms with Gasteiger partial charge in [0.15, 0.2) is 0 Å². The molecule has 0 spiro atoms. The lowest BCUT2D eigenvalue weighted by Crippen LogP contribution is -2.41. The molecule has 144 valence electrons. The van der Waals surface area contributed by atoms with Gasteiger partial charge in [0.05, 0.1) is 5.52 Å². The van der Waals surface area contributed by atoms with E-state index < -0.39 is 0 Å². The van der Waals surface area contributed by atoms with E-state index in [2.05, 4.69) is 22.6 Å². The van der Waals surface area contributed by atoms with Gasteiger partial charge in [-0.3, -0.25) is 9.69 Å². The van der Waals surface area contributed by atoms with E-state index in [1.807, 2.05) is 24.1 Å². The number of aromatic nitrogens is 1. The third kappa shape index (κ3) is 2.70. The number of carbonyl (C=O) groups excluding carboxylic acids is 1. The summed E-state index contributed by atoms with van der Waals surface area (Å²) in [6, 6.07) is 6.81. The van der Waals surface area contributed by atoms with Crippen molar-refractivity contribution in [1.82, 2.24) is 14.4 Å². The lowest BCUT2D eigenvalue weighted by Gasteiger charge is -2.37. The number of amides is 1. The highest BCUT2D eigenvalue weighted by molar-refractivity contribution is 5.84. The van der Waals surface area contributed by atoms with E-state index in [1.54, 1.807) is 6.07 Å². The maximum Gasteiger partial charge on any atom is 0.223 e. The van der Waals surface area contributed by atoms with E-state index in [4.69, 9.17) is 0 Å². The van der Waals surface area contributed by atoms with Crippen LogP contribution in [0.3, 0.4) is 0 Å². The number of nitrogens with zero attached hydrogens (tertiary/aromatic N) is 3. The molecular formula is C22H28FN3O. The Kier molecular flexibility index (Phi) is 4.04. The topological polar surface area (TPSA) is 28.5 Å². The highest BCUT2D eigenvalue weighted by atomic mass is 19.1. The molecule has 5 rings (SSSR count). The third-order valence-corrected chi connectivity index (χ3v) is 7.32. The molecule has 0 unspecified atom stereocenters. The Morgan fingerprint density at radius 2 is 1.93 bits per heavy atom. The Labute approximate surface area is 159 Å². The summed E-state index contributed by atoms with van der Waals surface area (Å²) in [6.45, 7) is 4.15. The lowest BCUT2D eigenvalue weighted by molar-refractivity contribution is -0.128. The standard InChI is InChI=1S/C22H28FN3O/c1-14-6-7-19(23)18-8-9-26(22(14)18)17-5-3-4-16(11-17)25-12-15-10-21(27)24(2)20(15)13-25/h6-9,15-17,20H,3-5,10-13H2,1-2H3/t15-,16+,17-,20+/m1/s1. The maximum atomic E-state index is 14.2. The quantitative estimate of drug-likeness (QED) is 0.807. The first kappa shape index (κ1) is 17.2. The van der Waals surface area contributed by atoms with Crippen LogP contribution in [0.25, 0.3) is 10.9 Å². The number of rotatable bonds is 2. The molecule has 0 bridgehead atoms. The predicted molar refractivity (Wildman–Crippen MR) is 104 cm³/mol. The summed E-state index contributed by atoms with van der Waals surface area (Å²) in [6.07, 6.45) is 7.53. The van der Waals surface area contributed by atoms with E-state index in [0.717, 1.165) is 42.4 Å². The first-order valence-electron chi connectivity index (χ1n) is 10.3. The minimum Gasteiger partial charge on any atom is -0.344 e. The number of aryl methyl sites for hydroxylation is 1. The molecule has 2 aliphatic heterocycles. The zero-order valence-electron chi connectivity index (χ0n) is 16.2. The molecule has 2 aromatic rings. The fourth-order valence-electron chi connectivity index (χ4n) is 5.83. The molecule has 3 fully saturated rings. The lowest BCUT2D eigenvalue weighted by atomic mass is 9.89.